The average molecular weight is 376 g/mol. The fraction of sp³-hybridized carbons (Fsp3) is 0.500. The number of piperazine rings is 1. The molecule has 2 unspecified atom stereocenters. The fourth-order valence-corrected chi connectivity index (χ4v) is 4.25. The first kappa shape index (κ1) is 16.6. The first-order valence-corrected chi connectivity index (χ1v) is 9.12. The summed E-state index contributed by atoms with van der Waals surface area (Å²) in [7, 11) is 0. The lowest BCUT2D eigenvalue weighted by atomic mass is 10.1. The number of rotatable bonds is 3. The van der Waals surface area contributed by atoms with E-state index in [1.807, 2.05) is 0 Å². The zero-order chi connectivity index (χ0) is 18.9. The number of fused-ring (bicyclic) bond motifs is 3. The maximum atomic E-state index is 15.0. The summed E-state index contributed by atoms with van der Waals surface area (Å²) < 4.78 is 31.4. The average Bonchev–Trinajstić information content (AvgIpc) is 3.41. The number of carboxylic acids is 1. The highest BCUT2D eigenvalue weighted by molar-refractivity contribution is 5.92. The van der Waals surface area contributed by atoms with Gasteiger partial charge in [0, 0.05) is 44.5 Å². The van der Waals surface area contributed by atoms with Crippen molar-refractivity contribution >= 4 is 22.8 Å². The van der Waals surface area contributed by atoms with Gasteiger partial charge in [-0.1, -0.05) is 0 Å². The van der Waals surface area contributed by atoms with Gasteiger partial charge in [-0.3, -0.25) is 9.69 Å². The summed E-state index contributed by atoms with van der Waals surface area (Å²) in [6.45, 7) is 3.01. The first-order chi connectivity index (χ1) is 13.0. The van der Waals surface area contributed by atoms with Crippen LogP contribution in [0.15, 0.2) is 11.0 Å². The van der Waals surface area contributed by atoms with Crippen LogP contribution in [0.2, 0.25) is 0 Å². The molecule has 27 heavy (non-hydrogen) atoms. The predicted octanol–water partition coefficient (Wildman–Crippen LogP) is 1.60. The van der Waals surface area contributed by atoms with Crippen LogP contribution in [0.5, 0.6) is 0 Å². The third kappa shape index (κ3) is 2.44. The number of halogens is 2. The largest absolute Gasteiger partial charge is 0.477 e. The minimum atomic E-state index is -1.46. The van der Waals surface area contributed by atoms with Crippen LogP contribution in [0.1, 0.15) is 35.7 Å². The lowest BCUT2D eigenvalue weighted by Crippen LogP contribution is -2.47. The summed E-state index contributed by atoms with van der Waals surface area (Å²) in [6.07, 6.45) is 3.64. The minimum Gasteiger partial charge on any atom is -0.477 e. The Bertz CT molecular complexity index is 1030. The molecule has 2 aliphatic heterocycles. The van der Waals surface area contributed by atoms with E-state index in [0.717, 1.165) is 38.9 Å². The van der Waals surface area contributed by atoms with Gasteiger partial charge in [-0.2, -0.15) is 4.39 Å². The molecule has 2 saturated heterocycles. The predicted molar refractivity (Wildman–Crippen MR) is 93.3 cm³/mol. The minimum absolute atomic E-state index is 0.0295. The number of anilines is 1. The van der Waals surface area contributed by atoms with Gasteiger partial charge in [0.1, 0.15) is 16.6 Å². The van der Waals surface area contributed by atoms with Crippen molar-refractivity contribution in [1.29, 1.82) is 0 Å². The number of nitrogens with zero attached hydrogens (tertiary/aromatic N) is 4. The van der Waals surface area contributed by atoms with E-state index in [1.54, 1.807) is 4.90 Å². The summed E-state index contributed by atoms with van der Waals surface area (Å²) >= 11 is 0. The number of carbonyl (C=O) groups is 1. The molecule has 2 aromatic rings. The smallest absolute Gasteiger partial charge is 0.341 e. The van der Waals surface area contributed by atoms with Crippen LogP contribution in [0.3, 0.4) is 0 Å². The van der Waals surface area contributed by atoms with Crippen molar-refractivity contribution in [3.8, 4) is 0 Å². The van der Waals surface area contributed by atoms with E-state index in [1.165, 1.54) is 10.8 Å². The summed E-state index contributed by atoms with van der Waals surface area (Å²) in [4.78, 5) is 32.3. The van der Waals surface area contributed by atoms with E-state index in [4.69, 9.17) is 0 Å². The molecule has 2 bridgehead atoms. The van der Waals surface area contributed by atoms with Crippen LogP contribution in [0, 0.1) is 11.6 Å². The topological polar surface area (TPSA) is 78.7 Å². The van der Waals surface area contributed by atoms with Gasteiger partial charge in [0.2, 0.25) is 11.2 Å². The van der Waals surface area contributed by atoms with Gasteiger partial charge in [-0.15, -0.1) is 0 Å². The quantitative estimate of drug-likeness (QED) is 0.877. The van der Waals surface area contributed by atoms with Crippen LogP contribution in [0.25, 0.3) is 11.0 Å². The summed E-state index contributed by atoms with van der Waals surface area (Å²) in [5.41, 5.74) is -1.57. The van der Waals surface area contributed by atoms with E-state index >= 15 is 0 Å². The molecule has 0 aromatic carbocycles. The molecular formula is C18H18F2N4O3. The zero-order valence-corrected chi connectivity index (χ0v) is 14.5. The number of hydrogen-bond donors (Lipinski definition) is 1. The van der Waals surface area contributed by atoms with E-state index in [-0.39, 0.29) is 23.5 Å². The Morgan fingerprint density at radius 3 is 2.59 bits per heavy atom. The Morgan fingerprint density at radius 2 is 1.89 bits per heavy atom. The highest BCUT2D eigenvalue weighted by atomic mass is 19.2. The zero-order valence-electron chi connectivity index (χ0n) is 14.5. The molecule has 1 aliphatic carbocycles. The number of aromatic nitrogens is 2. The van der Waals surface area contributed by atoms with Gasteiger partial charge in [0.25, 0.3) is 0 Å². The van der Waals surface area contributed by atoms with Crippen LogP contribution in [-0.2, 0) is 0 Å². The van der Waals surface area contributed by atoms with Crippen molar-refractivity contribution in [1.82, 2.24) is 14.5 Å². The van der Waals surface area contributed by atoms with Gasteiger partial charge in [-0.25, -0.2) is 14.2 Å². The SMILES string of the molecule is O=C(O)c1cn(C2CC2)c2nc(N3CCN4CCC3C4)c(F)c(F)c2c1=O. The van der Waals surface area contributed by atoms with Gasteiger partial charge in [-0.05, 0) is 19.3 Å². The van der Waals surface area contributed by atoms with E-state index in [2.05, 4.69) is 9.88 Å². The Kier molecular flexibility index (Phi) is 3.52. The molecule has 5 rings (SSSR count). The van der Waals surface area contributed by atoms with E-state index < -0.39 is 34.0 Å². The summed E-state index contributed by atoms with van der Waals surface area (Å²) in [6, 6.07) is 0.0247. The number of pyridine rings is 2. The van der Waals surface area contributed by atoms with Gasteiger partial charge in [0.05, 0.1) is 0 Å². The number of carboxylic acid groups (broad SMARTS) is 1. The van der Waals surface area contributed by atoms with Gasteiger partial charge >= 0.3 is 5.97 Å². The summed E-state index contributed by atoms with van der Waals surface area (Å²) in [5.74, 6) is -4.02. The Morgan fingerprint density at radius 1 is 1.11 bits per heavy atom. The van der Waals surface area contributed by atoms with Crippen LogP contribution in [0.4, 0.5) is 14.6 Å². The first-order valence-electron chi connectivity index (χ1n) is 9.12. The summed E-state index contributed by atoms with van der Waals surface area (Å²) in [5, 5.41) is 8.70. The Hall–Kier alpha value is -2.55. The second kappa shape index (κ2) is 5.72. The van der Waals surface area contributed by atoms with E-state index in [0.29, 0.717) is 6.54 Å². The second-order valence-corrected chi connectivity index (χ2v) is 7.51. The van der Waals surface area contributed by atoms with Crippen molar-refractivity contribution in [2.45, 2.75) is 31.3 Å². The molecule has 9 heteroatoms. The molecular weight excluding hydrogens is 358 g/mol. The highest BCUT2D eigenvalue weighted by Crippen LogP contribution is 2.38. The third-order valence-corrected chi connectivity index (χ3v) is 5.82. The third-order valence-electron chi connectivity index (χ3n) is 5.82. The van der Waals surface area contributed by atoms with E-state index in [9.17, 15) is 23.5 Å². The molecule has 142 valence electrons. The van der Waals surface area contributed by atoms with Gasteiger partial charge < -0.3 is 14.6 Å². The molecule has 4 heterocycles. The van der Waals surface area contributed by atoms with Crippen molar-refractivity contribution < 1.29 is 18.7 Å². The molecule has 2 atom stereocenters. The molecule has 0 radical (unpaired) electrons. The monoisotopic (exact) mass is 376 g/mol. The maximum absolute atomic E-state index is 15.0. The normalized spacial score (nSPS) is 24.6. The molecule has 0 spiro atoms. The van der Waals surface area contributed by atoms with Crippen LogP contribution < -0.4 is 10.3 Å². The Balaban J connectivity index is 1.76. The molecule has 1 N–H and O–H groups in total. The molecule has 0 amide bonds. The molecule has 3 fully saturated rings. The molecule has 3 aliphatic rings. The lowest BCUT2D eigenvalue weighted by molar-refractivity contribution is 0.0695. The van der Waals surface area contributed by atoms with Crippen molar-refractivity contribution in [3.63, 3.8) is 0 Å². The molecule has 1 saturated carbocycles. The number of hydrogen-bond acceptors (Lipinski definition) is 5. The maximum Gasteiger partial charge on any atom is 0.341 e. The molecule has 2 aromatic heterocycles. The number of aromatic carboxylic acids is 1. The van der Waals surface area contributed by atoms with Gasteiger partial charge in [0.15, 0.2) is 11.6 Å². The highest BCUT2D eigenvalue weighted by Gasteiger charge is 2.37. The second-order valence-electron chi connectivity index (χ2n) is 7.51. The van der Waals surface area contributed by atoms with Crippen molar-refractivity contribution in [3.05, 3.63) is 33.6 Å². The van der Waals surface area contributed by atoms with Crippen LogP contribution >= 0.6 is 0 Å². The Labute approximate surface area is 152 Å². The lowest BCUT2D eigenvalue weighted by Gasteiger charge is -2.35. The van der Waals surface area contributed by atoms with Crippen LogP contribution in [-0.4, -0.2) is 57.7 Å². The van der Waals surface area contributed by atoms with Crippen molar-refractivity contribution in [2.24, 2.45) is 0 Å². The standard InChI is InChI=1S/C18H18F2N4O3/c19-13-12-15(25)11(18(26)27)8-24(9-1-2-9)16(12)21-17(14(13)20)23-6-5-22-4-3-10(23)7-22/h8-10H,1-7H2,(H,26,27). The molecule has 7 nitrogen and oxygen atoms in total. The fourth-order valence-electron chi connectivity index (χ4n) is 4.25. The van der Waals surface area contributed by atoms with Crippen molar-refractivity contribution in [2.75, 3.05) is 31.1 Å².